The molecule has 0 aliphatic heterocycles. The molecule has 0 amide bonds. The van der Waals surface area contributed by atoms with Gasteiger partial charge in [0.1, 0.15) is 7.85 Å². The molecular weight excluding hydrogens is 321 g/mol. The molecule has 120 valence electrons. The van der Waals surface area contributed by atoms with Gasteiger partial charge in [0.2, 0.25) is 0 Å². The monoisotopic (exact) mass is 333 g/mol. The van der Waals surface area contributed by atoms with Gasteiger partial charge in [-0.15, -0.1) is 0 Å². The minimum Gasteiger partial charge on any atom is -0.258 e. The van der Waals surface area contributed by atoms with Crippen LogP contribution in [0, 0.1) is 10.1 Å². The molecule has 0 heterocycles. The number of para-hydroxylation sites is 1. The zero-order chi connectivity index (χ0) is 17.8. The quantitative estimate of drug-likeness (QED) is 0.198. The van der Waals surface area contributed by atoms with E-state index in [0.717, 1.165) is 43.3 Å². The van der Waals surface area contributed by atoms with Gasteiger partial charge in [-0.25, -0.2) is 0 Å². The van der Waals surface area contributed by atoms with E-state index in [1.165, 1.54) is 0 Å². The Bertz CT molecular complexity index is 1330. The zero-order valence-corrected chi connectivity index (χ0v) is 13.8. The number of nitro groups is 1. The number of nitro benzene ring substituents is 1. The highest BCUT2D eigenvalue weighted by Gasteiger charge is 2.18. The van der Waals surface area contributed by atoms with E-state index in [2.05, 4.69) is 12.1 Å². The van der Waals surface area contributed by atoms with E-state index in [9.17, 15) is 10.1 Å². The molecule has 0 saturated carbocycles. The predicted molar refractivity (Wildman–Crippen MR) is 108 cm³/mol. The Kier molecular flexibility index (Phi) is 3.04. The molecule has 5 aromatic rings. The van der Waals surface area contributed by atoms with Gasteiger partial charge in [-0.3, -0.25) is 10.1 Å². The van der Waals surface area contributed by atoms with Crippen molar-refractivity contribution in [2.45, 2.75) is 0 Å². The highest BCUT2D eigenvalue weighted by atomic mass is 16.6. The smallest absolute Gasteiger partial charge is 0.258 e. The lowest BCUT2D eigenvalue weighted by molar-refractivity contribution is -0.384. The normalized spacial score (nSPS) is 11.5. The Morgan fingerprint density at radius 1 is 0.692 bits per heavy atom. The molecule has 0 spiro atoms. The standard InChI is InChI=1S/C22H12BNO2/c23-19-12-8-14-6-5-13-7-9-15(16-3-1-2-4-20(16)24(25)26)17-10-11-18(19)22(14)21(13)17/h1-12H. The van der Waals surface area contributed by atoms with Crippen molar-refractivity contribution in [1.82, 2.24) is 0 Å². The highest BCUT2D eigenvalue weighted by molar-refractivity contribution is 6.42. The van der Waals surface area contributed by atoms with E-state index in [4.69, 9.17) is 7.85 Å². The predicted octanol–water partition coefficient (Wildman–Crippen LogP) is 4.95. The zero-order valence-electron chi connectivity index (χ0n) is 13.8. The van der Waals surface area contributed by atoms with Crippen LogP contribution in [0.3, 0.4) is 0 Å². The van der Waals surface area contributed by atoms with Gasteiger partial charge in [-0.1, -0.05) is 66.1 Å². The van der Waals surface area contributed by atoms with Crippen molar-refractivity contribution in [3.8, 4) is 11.1 Å². The Hall–Kier alpha value is -3.40. The second-order valence-corrected chi connectivity index (χ2v) is 6.46. The largest absolute Gasteiger partial charge is 0.277 e. The summed E-state index contributed by atoms with van der Waals surface area (Å²) in [5.41, 5.74) is 2.34. The Labute approximate surface area is 150 Å². The lowest BCUT2D eigenvalue weighted by Gasteiger charge is -2.15. The summed E-state index contributed by atoms with van der Waals surface area (Å²) >= 11 is 0. The average Bonchev–Trinajstić information content (AvgIpc) is 2.67. The molecule has 0 aliphatic carbocycles. The number of rotatable bonds is 2. The van der Waals surface area contributed by atoms with Crippen LogP contribution in [0.4, 0.5) is 5.69 Å². The van der Waals surface area contributed by atoms with Gasteiger partial charge < -0.3 is 0 Å². The molecule has 2 radical (unpaired) electrons. The molecule has 3 nitrogen and oxygen atoms in total. The van der Waals surface area contributed by atoms with Crippen LogP contribution < -0.4 is 5.46 Å². The summed E-state index contributed by atoms with van der Waals surface area (Å²) in [4.78, 5) is 11.2. The van der Waals surface area contributed by atoms with E-state index in [0.29, 0.717) is 5.56 Å². The number of hydrogen-bond acceptors (Lipinski definition) is 2. The van der Waals surface area contributed by atoms with Crippen molar-refractivity contribution in [1.29, 1.82) is 0 Å². The van der Waals surface area contributed by atoms with Crippen LogP contribution in [0.1, 0.15) is 0 Å². The van der Waals surface area contributed by atoms with Gasteiger partial charge in [0.25, 0.3) is 5.69 Å². The maximum absolute atomic E-state index is 11.5. The third kappa shape index (κ3) is 1.96. The molecule has 0 aliphatic rings. The number of benzene rings is 5. The van der Waals surface area contributed by atoms with Crippen molar-refractivity contribution in [3.63, 3.8) is 0 Å². The van der Waals surface area contributed by atoms with Gasteiger partial charge >= 0.3 is 0 Å². The van der Waals surface area contributed by atoms with Crippen LogP contribution >= 0.6 is 0 Å². The third-order valence-electron chi connectivity index (χ3n) is 5.09. The minimum atomic E-state index is -0.328. The van der Waals surface area contributed by atoms with Crippen LogP contribution in [-0.4, -0.2) is 12.8 Å². The fourth-order valence-corrected chi connectivity index (χ4v) is 3.92. The summed E-state index contributed by atoms with van der Waals surface area (Å²) in [6, 6.07) is 23.0. The molecule has 0 atom stereocenters. The molecule has 0 saturated heterocycles. The van der Waals surface area contributed by atoms with E-state index in [1.54, 1.807) is 18.2 Å². The van der Waals surface area contributed by atoms with Gasteiger partial charge in [0.15, 0.2) is 0 Å². The van der Waals surface area contributed by atoms with E-state index < -0.39 is 0 Å². The van der Waals surface area contributed by atoms with Crippen LogP contribution in [0.5, 0.6) is 0 Å². The molecule has 5 aromatic carbocycles. The fraction of sp³-hybridized carbons (Fsp3) is 0. The molecule has 0 aromatic heterocycles. The molecule has 0 fully saturated rings. The average molecular weight is 333 g/mol. The van der Waals surface area contributed by atoms with Crippen molar-refractivity contribution in [3.05, 3.63) is 82.9 Å². The van der Waals surface area contributed by atoms with Crippen molar-refractivity contribution < 1.29 is 4.92 Å². The number of hydrogen-bond donors (Lipinski definition) is 0. The summed E-state index contributed by atoms with van der Waals surface area (Å²) in [6.45, 7) is 0. The van der Waals surface area contributed by atoms with Crippen LogP contribution in [0.2, 0.25) is 0 Å². The van der Waals surface area contributed by atoms with Crippen LogP contribution in [-0.2, 0) is 0 Å². The Morgan fingerprint density at radius 3 is 2.08 bits per heavy atom. The Balaban J connectivity index is 1.98. The lowest BCUT2D eigenvalue weighted by atomic mass is 9.84. The maximum atomic E-state index is 11.5. The van der Waals surface area contributed by atoms with Crippen LogP contribution in [0.25, 0.3) is 43.4 Å². The molecule has 0 N–H and O–H groups in total. The summed E-state index contributed by atoms with van der Waals surface area (Å²) in [6.07, 6.45) is 0. The van der Waals surface area contributed by atoms with Crippen molar-refractivity contribution >= 4 is 51.3 Å². The summed E-state index contributed by atoms with van der Waals surface area (Å²) in [5, 5.41) is 17.9. The van der Waals surface area contributed by atoms with Crippen molar-refractivity contribution in [2.24, 2.45) is 0 Å². The minimum absolute atomic E-state index is 0.113. The summed E-state index contributed by atoms with van der Waals surface area (Å²) < 4.78 is 0. The SMILES string of the molecule is [B]c1ccc2ccc3ccc(-c4ccccc4[N+](=O)[O-])c4ccc1c2c34. The maximum Gasteiger partial charge on any atom is 0.277 e. The second kappa shape index (κ2) is 5.30. The molecule has 5 rings (SSSR count). The second-order valence-electron chi connectivity index (χ2n) is 6.46. The van der Waals surface area contributed by atoms with Crippen molar-refractivity contribution in [2.75, 3.05) is 0 Å². The van der Waals surface area contributed by atoms with Gasteiger partial charge in [-0.05, 0) is 43.9 Å². The molecular formula is C22H12BNO2. The van der Waals surface area contributed by atoms with E-state index >= 15 is 0 Å². The molecule has 26 heavy (non-hydrogen) atoms. The summed E-state index contributed by atoms with van der Waals surface area (Å²) in [5.74, 6) is 0. The van der Waals surface area contributed by atoms with Crippen LogP contribution in [0.15, 0.2) is 72.8 Å². The van der Waals surface area contributed by atoms with E-state index in [1.807, 2.05) is 42.5 Å². The van der Waals surface area contributed by atoms with E-state index in [-0.39, 0.29) is 10.6 Å². The molecule has 0 bridgehead atoms. The first-order valence-electron chi connectivity index (χ1n) is 8.35. The third-order valence-corrected chi connectivity index (χ3v) is 5.09. The first-order chi connectivity index (χ1) is 12.6. The molecule has 4 heteroatoms. The molecule has 0 unspecified atom stereocenters. The van der Waals surface area contributed by atoms with Gasteiger partial charge in [0.05, 0.1) is 10.5 Å². The fourth-order valence-electron chi connectivity index (χ4n) is 3.92. The summed E-state index contributed by atoms with van der Waals surface area (Å²) in [7, 11) is 6.19. The number of nitrogens with zero attached hydrogens (tertiary/aromatic N) is 1. The lowest BCUT2D eigenvalue weighted by Crippen LogP contribution is -2.03. The highest BCUT2D eigenvalue weighted by Crippen LogP contribution is 2.40. The topological polar surface area (TPSA) is 43.1 Å². The van der Waals surface area contributed by atoms with Gasteiger partial charge in [0, 0.05) is 6.07 Å². The first kappa shape index (κ1) is 14.9. The first-order valence-corrected chi connectivity index (χ1v) is 8.35. The Morgan fingerprint density at radius 2 is 1.31 bits per heavy atom. The van der Waals surface area contributed by atoms with Gasteiger partial charge in [-0.2, -0.15) is 0 Å².